The van der Waals surface area contributed by atoms with E-state index in [0.717, 1.165) is 28.8 Å². The Labute approximate surface area is 186 Å². The molecule has 0 aliphatic carbocycles. The molecule has 5 rings (SSSR count). The summed E-state index contributed by atoms with van der Waals surface area (Å²) < 4.78 is 2.02. The number of rotatable bonds is 6. The maximum atomic E-state index is 4.59. The molecule has 32 heavy (non-hydrogen) atoms. The van der Waals surface area contributed by atoms with Crippen LogP contribution in [-0.4, -0.2) is 31.8 Å². The van der Waals surface area contributed by atoms with Gasteiger partial charge in [0.1, 0.15) is 6.33 Å². The van der Waals surface area contributed by atoms with Crippen molar-refractivity contribution < 1.29 is 0 Å². The van der Waals surface area contributed by atoms with Crippen molar-refractivity contribution >= 4 is 34.2 Å². The maximum Gasteiger partial charge on any atom is 0.234 e. The number of nitrogens with zero attached hydrogens (tertiary/aromatic N) is 6. The zero-order chi connectivity index (χ0) is 21.9. The van der Waals surface area contributed by atoms with E-state index in [-0.39, 0.29) is 0 Å². The molecule has 0 bridgehead atoms. The summed E-state index contributed by atoms with van der Waals surface area (Å²) >= 11 is 0. The third-order valence-corrected chi connectivity index (χ3v) is 5.32. The van der Waals surface area contributed by atoms with Crippen molar-refractivity contribution in [2.45, 2.75) is 13.5 Å². The van der Waals surface area contributed by atoms with Gasteiger partial charge >= 0.3 is 0 Å². The predicted octanol–water partition coefficient (Wildman–Crippen LogP) is 5.09. The highest BCUT2D eigenvalue weighted by Crippen LogP contribution is 2.26. The van der Waals surface area contributed by atoms with E-state index in [1.807, 2.05) is 59.2 Å². The number of anilines is 4. The van der Waals surface area contributed by atoms with Gasteiger partial charge in [-0.3, -0.25) is 4.68 Å². The van der Waals surface area contributed by atoms with Gasteiger partial charge in [0.25, 0.3) is 0 Å². The summed E-state index contributed by atoms with van der Waals surface area (Å²) in [6.45, 7) is 2.79. The molecule has 158 valence electrons. The first-order valence-electron chi connectivity index (χ1n) is 10.4. The maximum absolute atomic E-state index is 4.59. The SMILES string of the molecule is Cc1cccc(Nc2ncnc(N(C)c3ccc4c(cnn4Cc4ccccc4)c3)n2)c1. The Balaban J connectivity index is 1.38. The molecule has 0 spiro atoms. The molecule has 3 aromatic carbocycles. The van der Waals surface area contributed by atoms with Crippen LogP contribution < -0.4 is 10.2 Å². The molecule has 0 saturated carbocycles. The van der Waals surface area contributed by atoms with Crippen LogP contribution in [0.3, 0.4) is 0 Å². The Hall–Kier alpha value is -4.26. The highest BCUT2D eigenvalue weighted by Gasteiger charge is 2.12. The van der Waals surface area contributed by atoms with Crippen LogP contribution in [0.2, 0.25) is 0 Å². The Bertz CT molecular complexity index is 1360. The number of hydrogen-bond donors (Lipinski definition) is 1. The second-order valence-electron chi connectivity index (χ2n) is 7.69. The molecule has 0 unspecified atom stereocenters. The van der Waals surface area contributed by atoms with Gasteiger partial charge in [0.15, 0.2) is 0 Å². The summed E-state index contributed by atoms with van der Waals surface area (Å²) in [5.74, 6) is 1.07. The van der Waals surface area contributed by atoms with Crippen LogP contribution in [0, 0.1) is 6.92 Å². The molecule has 0 radical (unpaired) electrons. The molecule has 0 saturated heterocycles. The molecule has 2 heterocycles. The average molecular weight is 422 g/mol. The molecular formula is C25H23N7. The Morgan fingerprint density at radius 1 is 0.938 bits per heavy atom. The van der Waals surface area contributed by atoms with Crippen LogP contribution in [0.15, 0.2) is 85.3 Å². The van der Waals surface area contributed by atoms with E-state index in [2.05, 4.69) is 68.7 Å². The zero-order valence-corrected chi connectivity index (χ0v) is 18.0. The van der Waals surface area contributed by atoms with E-state index in [1.165, 1.54) is 17.5 Å². The minimum absolute atomic E-state index is 0.504. The summed E-state index contributed by atoms with van der Waals surface area (Å²) in [6, 6.07) is 24.7. The monoisotopic (exact) mass is 421 g/mol. The predicted molar refractivity (Wildman–Crippen MR) is 128 cm³/mol. The van der Waals surface area contributed by atoms with Crippen molar-refractivity contribution in [2.75, 3.05) is 17.3 Å². The van der Waals surface area contributed by atoms with E-state index in [9.17, 15) is 0 Å². The number of fused-ring (bicyclic) bond motifs is 1. The first-order chi connectivity index (χ1) is 15.7. The minimum Gasteiger partial charge on any atom is -0.324 e. The first-order valence-corrected chi connectivity index (χ1v) is 10.4. The van der Waals surface area contributed by atoms with Gasteiger partial charge in [0.05, 0.1) is 18.3 Å². The highest BCUT2D eigenvalue weighted by molar-refractivity contribution is 5.83. The summed E-state index contributed by atoms with van der Waals surface area (Å²) in [4.78, 5) is 15.1. The van der Waals surface area contributed by atoms with Crippen LogP contribution in [0.25, 0.3) is 10.9 Å². The molecule has 1 N–H and O–H groups in total. The lowest BCUT2D eigenvalue weighted by atomic mass is 10.2. The minimum atomic E-state index is 0.504. The Kier molecular flexibility index (Phi) is 5.21. The van der Waals surface area contributed by atoms with E-state index in [1.54, 1.807) is 0 Å². The third kappa shape index (κ3) is 4.13. The fourth-order valence-corrected chi connectivity index (χ4v) is 3.64. The fraction of sp³-hybridized carbons (Fsp3) is 0.120. The molecule has 7 heteroatoms. The van der Waals surface area contributed by atoms with E-state index in [0.29, 0.717) is 11.9 Å². The van der Waals surface area contributed by atoms with Crippen LogP contribution in [0.5, 0.6) is 0 Å². The molecule has 7 nitrogen and oxygen atoms in total. The van der Waals surface area contributed by atoms with E-state index >= 15 is 0 Å². The lowest BCUT2D eigenvalue weighted by molar-refractivity contribution is 0.712. The van der Waals surface area contributed by atoms with Crippen molar-refractivity contribution in [3.63, 3.8) is 0 Å². The van der Waals surface area contributed by atoms with Gasteiger partial charge in [-0.1, -0.05) is 42.5 Å². The zero-order valence-electron chi connectivity index (χ0n) is 18.0. The van der Waals surface area contributed by atoms with Crippen LogP contribution in [0.4, 0.5) is 23.3 Å². The normalized spacial score (nSPS) is 10.9. The molecule has 0 aliphatic rings. The van der Waals surface area contributed by atoms with Crippen molar-refractivity contribution in [3.8, 4) is 0 Å². The summed E-state index contributed by atoms with van der Waals surface area (Å²) in [5.41, 5.74) is 5.39. The molecule has 0 amide bonds. The van der Waals surface area contributed by atoms with E-state index < -0.39 is 0 Å². The number of nitrogens with one attached hydrogen (secondary N) is 1. The van der Waals surface area contributed by atoms with Gasteiger partial charge in [-0.15, -0.1) is 0 Å². The van der Waals surface area contributed by atoms with Crippen molar-refractivity contribution in [1.29, 1.82) is 0 Å². The molecule has 0 fully saturated rings. The van der Waals surface area contributed by atoms with Gasteiger partial charge in [0.2, 0.25) is 11.9 Å². The second-order valence-corrected chi connectivity index (χ2v) is 7.69. The summed E-state index contributed by atoms with van der Waals surface area (Å²) in [7, 11) is 1.95. The molecule has 5 aromatic rings. The van der Waals surface area contributed by atoms with Crippen molar-refractivity contribution in [3.05, 3.63) is 96.4 Å². The average Bonchev–Trinajstić information content (AvgIpc) is 3.21. The first kappa shape index (κ1) is 19.7. The summed E-state index contributed by atoms with van der Waals surface area (Å²) in [6.07, 6.45) is 3.42. The van der Waals surface area contributed by atoms with Gasteiger partial charge in [-0.05, 0) is 48.4 Å². The van der Waals surface area contributed by atoms with Crippen LogP contribution in [-0.2, 0) is 6.54 Å². The van der Waals surface area contributed by atoms with Gasteiger partial charge in [-0.2, -0.15) is 10.1 Å². The summed E-state index contributed by atoms with van der Waals surface area (Å²) in [5, 5.41) is 8.89. The Morgan fingerprint density at radius 2 is 1.81 bits per heavy atom. The standard InChI is InChI=1S/C25H23N7/c1-18-7-6-10-21(13-18)29-24-26-17-27-25(30-24)31(2)22-11-12-23-20(14-22)15-28-32(23)16-19-8-4-3-5-9-19/h3-15,17H,16H2,1-2H3,(H,26,27,29,30). The van der Waals surface area contributed by atoms with Gasteiger partial charge in [-0.25, -0.2) is 9.97 Å². The largest absolute Gasteiger partial charge is 0.324 e. The fourth-order valence-electron chi connectivity index (χ4n) is 3.64. The number of aromatic nitrogens is 5. The van der Waals surface area contributed by atoms with Crippen molar-refractivity contribution in [1.82, 2.24) is 24.7 Å². The Morgan fingerprint density at radius 3 is 2.66 bits per heavy atom. The third-order valence-electron chi connectivity index (χ3n) is 5.32. The quantitative estimate of drug-likeness (QED) is 0.412. The van der Waals surface area contributed by atoms with Crippen LogP contribution in [0.1, 0.15) is 11.1 Å². The topological polar surface area (TPSA) is 71.8 Å². The smallest absolute Gasteiger partial charge is 0.234 e. The van der Waals surface area contributed by atoms with Crippen molar-refractivity contribution in [2.24, 2.45) is 0 Å². The highest BCUT2D eigenvalue weighted by atomic mass is 15.3. The van der Waals surface area contributed by atoms with Crippen LogP contribution >= 0.6 is 0 Å². The lowest BCUT2D eigenvalue weighted by Crippen LogP contribution is -2.14. The number of benzene rings is 3. The lowest BCUT2D eigenvalue weighted by Gasteiger charge is -2.17. The molecular weight excluding hydrogens is 398 g/mol. The van der Waals surface area contributed by atoms with E-state index in [4.69, 9.17) is 0 Å². The number of hydrogen-bond acceptors (Lipinski definition) is 6. The molecule has 0 atom stereocenters. The number of aryl methyl sites for hydroxylation is 1. The second kappa shape index (κ2) is 8.47. The molecule has 2 aromatic heterocycles. The molecule has 0 aliphatic heterocycles. The van der Waals surface area contributed by atoms with Gasteiger partial charge in [0, 0.05) is 23.8 Å². The van der Waals surface area contributed by atoms with Gasteiger partial charge < -0.3 is 10.2 Å².